The van der Waals surface area contributed by atoms with Crippen LogP contribution in [0, 0.1) is 5.92 Å². The van der Waals surface area contributed by atoms with Crippen LogP contribution in [0.4, 0.5) is 0 Å². The molecule has 1 saturated heterocycles. The zero-order chi connectivity index (χ0) is 13.1. The fourth-order valence-electron chi connectivity index (χ4n) is 2.13. The predicted octanol–water partition coefficient (Wildman–Crippen LogP) is 1.63. The number of halogens is 1. The molecule has 18 heavy (non-hydrogen) atoms. The number of carbonyl (C=O) groups excluding carboxylic acids is 1. The van der Waals surface area contributed by atoms with Gasteiger partial charge in [-0.15, -0.1) is 0 Å². The number of carbonyl (C=O) groups is 1. The standard InChI is InChI=1S/C12H16ClN3O2/c1-8-3-4-16(7-10(8)18-2)12(17)9-5-14-6-11(13)15-9/h5-6,8,10H,3-4,7H2,1-2H3. The number of amides is 1. The van der Waals surface area contributed by atoms with Gasteiger partial charge in [0.05, 0.1) is 18.5 Å². The average molecular weight is 270 g/mol. The van der Waals surface area contributed by atoms with Crippen LogP contribution >= 0.6 is 11.6 Å². The van der Waals surface area contributed by atoms with Gasteiger partial charge in [0.15, 0.2) is 0 Å². The largest absolute Gasteiger partial charge is 0.379 e. The average Bonchev–Trinajstić information content (AvgIpc) is 2.38. The summed E-state index contributed by atoms with van der Waals surface area (Å²) < 4.78 is 5.39. The van der Waals surface area contributed by atoms with Gasteiger partial charge in [-0.1, -0.05) is 18.5 Å². The Balaban J connectivity index is 2.10. The summed E-state index contributed by atoms with van der Waals surface area (Å²) in [5.41, 5.74) is 0.284. The fraction of sp³-hybridized carbons (Fsp3) is 0.583. The van der Waals surface area contributed by atoms with Gasteiger partial charge >= 0.3 is 0 Å². The van der Waals surface area contributed by atoms with Crippen LogP contribution in [0.1, 0.15) is 23.8 Å². The number of hydrogen-bond acceptors (Lipinski definition) is 4. The lowest BCUT2D eigenvalue weighted by Crippen LogP contribution is -2.46. The molecule has 1 aliphatic rings. The third kappa shape index (κ3) is 2.79. The van der Waals surface area contributed by atoms with Crippen LogP contribution in [0.2, 0.25) is 5.15 Å². The Morgan fingerprint density at radius 2 is 2.33 bits per heavy atom. The van der Waals surface area contributed by atoms with Gasteiger partial charge < -0.3 is 9.64 Å². The van der Waals surface area contributed by atoms with E-state index in [1.54, 1.807) is 12.0 Å². The Bertz CT molecular complexity index is 441. The lowest BCUT2D eigenvalue weighted by molar-refractivity contribution is -0.00179. The van der Waals surface area contributed by atoms with Gasteiger partial charge in [0, 0.05) is 20.2 Å². The Kier molecular flexibility index (Phi) is 4.14. The molecule has 98 valence electrons. The van der Waals surface area contributed by atoms with Crippen LogP contribution < -0.4 is 0 Å². The number of nitrogens with zero attached hydrogens (tertiary/aromatic N) is 3. The molecule has 0 spiro atoms. The quantitative estimate of drug-likeness (QED) is 0.819. The summed E-state index contributed by atoms with van der Waals surface area (Å²) in [6.45, 7) is 3.44. The van der Waals surface area contributed by atoms with E-state index in [2.05, 4.69) is 16.9 Å². The van der Waals surface area contributed by atoms with E-state index < -0.39 is 0 Å². The maximum absolute atomic E-state index is 12.2. The maximum Gasteiger partial charge on any atom is 0.274 e. The molecule has 1 amide bonds. The molecule has 5 nitrogen and oxygen atoms in total. The highest BCUT2D eigenvalue weighted by atomic mass is 35.5. The molecule has 0 bridgehead atoms. The van der Waals surface area contributed by atoms with Crippen molar-refractivity contribution in [2.24, 2.45) is 5.92 Å². The summed E-state index contributed by atoms with van der Waals surface area (Å²) in [6, 6.07) is 0. The van der Waals surface area contributed by atoms with Crippen molar-refractivity contribution in [2.75, 3.05) is 20.2 Å². The van der Waals surface area contributed by atoms with E-state index in [4.69, 9.17) is 16.3 Å². The molecule has 0 aromatic carbocycles. The number of piperidine rings is 1. The molecule has 1 aromatic rings. The molecule has 6 heteroatoms. The van der Waals surface area contributed by atoms with E-state index in [1.165, 1.54) is 12.4 Å². The first-order chi connectivity index (χ1) is 8.61. The molecule has 1 aromatic heterocycles. The molecule has 1 aliphatic heterocycles. The maximum atomic E-state index is 12.2. The van der Waals surface area contributed by atoms with E-state index >= 15 is 0 Å². The summed E-state index contributed by atoms with van der Waals surface area (Å²) in [6.07, 6.45) is 3.86. The van der Waals surface area contributed by atoms with Gasteiger partial charge in [0.2, 0.25) is 0 Å². The summed E-state index contributed by atoms with van der Waals surface area (Å²) in [7, 11) is 1.67. The molecule has 2 rings (SSSR count). The third-order valence-electron chi connectivity index (χ3n) is 3.30. The minimum atomic E-state index is -0.140. The Labute approximate surface area is 111 Å². The zero-order valence-corrected chi connectivity index (χ0v) is 11.2. The summed E-state index contributed by atoms with van der Waals surface area (Å²) in [5, 5.41) is 0.231. The second-order valence-electron chi connectivity index (χ2n) is 4.52. The first kappa shape index (κ1) is 13.2. The molecular weight excluding hydrogens is 254 g/mol. The van der Waals surface area contributed by atoms with E-state index in [0.29, 0.717) is 19.0 Å². The van der Waals surface area contributed by atoms with Crippen LogP contribution in [-0.4, -0.2) is 47.1 Å². The number of aromatic nitrogens is 2. The molecule has 0 saturated carbocycles. The Hall–Kier alpha value is -1.20. The predicted molar refractivity (Wildman–Crippen MR) is 67.5 cm³/mol. The number of ether oxygens (including phenoxy) is 1. The number of methoxy groups -OCH3 is 1. The molecule has 0 aliphatic carbocycles. The van der Waals surface area contributed by atoms with Crippen molar-refractivity contribution in [3.8, 4) is 0 Å². The fourth-order valence-corrected chi connectivity index (χ4v) is 2.28. The van der Waals surface area contributed by atoms with Crippen molar-refractivity contribution >= 4 is 17.5 Å². The van der Waals surface area contributed by atoms with Crippen LogP contribution in [-0.2, 0) is 4.74 Å². The highest BCUT2D eigenvalue weighted by Gasteiger charge is 2.29. The summed E-state index contributed by atoms with van der Waals surface area (Å²) in [5.74, 6) is 0.323. The van der Waals surface area contributed by atoms with Gasteiger partial charge in [-0.05, 0) is 12.3 Å². The first-order valence-corrected chi connectivity index (χ1v) is 6.29. The monoisotopic (exact) mass is 269 g/mol. The van der Waals surface area contributed by atoms with Gasteiger partial charge in [-0.25, -0.2) is 4.98 Å². The summed E-state index contributed by atoms with van der Waals surface area (Å²) in [4.78, 5) is 21.8. The normalized spacial score (nSPS) is 24.1. The van der Waals surface area contributed by atoms with Crippen LogP contribution in [0.25, 0.3) is 0 Å². The molecule has 0 radical (unpaired) electrons. The van der Waals surface area contributed by atoms with Crippen LogP contribution in [0.15, 0.2) is 12.4 Å². The second kappa shape index (κ2) is 5.63. The molecular formula is C12H16ClN3O2. The van der Waals surface area contributed by atoms with E-state index in [1.807, 2.05) is 0 Å². The zero-order valence-electron chi connectivity index (χ0n) is 10.5. The molecule has 0 N–H and O–H groups in total. The first-order valence-electron chi connectivity index (χ1n) is 5.91. The summed E-state index contributed by atoms with van der Waals surface area (Å²) >= 11 is 5.74. The lowest BCUT2D eigenvalue weighted by Gasteiger charge is -2.35. The van der Waals surface area contributed by atoms with Crippen molar-refractivity contribution in [1.82, 2.24) is 14.9 Å². The van der Waals surface area contributed by atoms with Crippen molar-refractivity contribution in [2.45, 2.75) is 19.4 Å². The van der Waals surface area contributed by atoms with Crippen molar-refractivity contribution in [3.63, 3.8) is 0 Å². The molecule has 2 unspecified atom stereocenters. The number of likely N-dealkylation sites (tertiary alicyclic amines) is 1. The van der Waals surface area contributed by atoms with Crippen molar-refractivity contribution in [1.29, 1.82) is 0 Å². The highest BCUT2D eigenvalue weighted by molar-refractivity contribution is 6.29. The highest BCUT2D eigenvalue weighted by Crippen LogP contribution is 2.20. The Morgan fingerprint density at radius 3 is 3.00 bits per heavy atom. The second-order valence-corrected chi connectivity index (χ2v) is 4.91. The molecule has 1 fully saturated rings. The van der Waals surface area contributed by atoms with E-state index in [9.17, 15) is 4.79 Å². The van der Waals surface area contributed by atoms with E-state index in [-0.39, 0.29) is 22.9 Å². The third-order valence-corrected chi connectivity index (χ3v) is 3.49. The van der Waals surface area contributed by atoms with Crippen LogP contribution in [0.5, 0.6) is 0 Å². The number of hydrogen-bond donors (Lipinski definition) is 0. The van der Waals surface area contributed by atoms with E-state index in [0.717, 1.165) is 6.42 Å². The lowest BCUT2D eigenvalue weighted by atomic mass is 9.95. The van der Waals surface area contributed by atoms with Gasteiger partial charge in [-0.2, -0.15) is 0 Å². The smallest absolute Gasteiger partial charge is 0.274 e. The molecule has 2 atom stereocenters. The van der Waals surface area contributed by atoms with Gasteiger partial charge in [0.25, 0.3) is 5.91 Å². The topological polar surface area (TPSA) is 55.3 Å². The van der Waals surface area contributed by atoms with Gasteiger partial charge in [-0.3, -0.25) is 9.78 Å². The Morgan fingerprint density at radius 1 is 1.56 bits per heavy atom. The van der Waals surface area contributed by atoms with Gasteiger partial charge in [0.1, 0.15) is 10.8 Å². The van der Waals surface area contributed by atoms with Crippen LogP contribution in [0.3, 0.4) is 0 Å². The van der Waals surface area contributed by atoms with Crippen molar-refractivity contribution < 1.29 is 9.53 Å². The minimum Gasteiger partial charge on any atom is -0.379 e. The minimum absolute atomic E-state index is 0.0786. The SMILES string of the molecule is COC1CN(C(=O)c2cncc(Cl)n2)CCC1C. The van der Waals surface area contributed by atoms with Crippen molar-refractivity contribution in [3.05, 3.63) is 23.2 Å². The molecule has 2 heterocycles. The number of rotatable bonds is 2.